The molecule has 0 radical (unpaired) electrons. The summed E-state index contributed by atoms with van der Waals surface area (Å²) in [6, 6.07) is 7.11. The fourth-order valence-corrected chi connectivity index (χ4v) is 4.65. The molecule has 2 aromatic rings. The van der Waals surface area contributed by atoms with Crippen LogP contribution in [0.15, 0.2) is 30.5 Å². The van der Waals surface area contributed by atoms with Crippen molar-refractivity contribution in [3.05, 3.63) is 30.5 Å². The first kappa shape index (κ1) is 21.0. The quantitative estimate of drug-likeness (QED) is 0.728. The Labute approximate surface area is 174 Å². The van der Waals surface area contributed by atoms with Gasteiger partial charge in [-0.2, -0.15) is 13.2 Å². The van der Waals surface area contributed by atoms with Crippen molar-refractivity contribution in [2.45, 2.75) is 64.0 Å². The van der Waals surface area contributed by atoms with Gasteiger partial charge in [0.15, 0.2) is 0 Å². The number of amides is 1. The van der Waals surface area contributed by atoms with E-state index < -0.39 is 12.7 Å². The normalized spacial score (nSPS) is 21.9. The summed E-state index contributed by atoms with van der Waals surface area (Å²) >= 11 is 0. The van der Waals surface area contributed by atoms with Gasteiger partial charge < -0.3 is 14.2 Å². The van der Waals surface area contributed by atoms with Gasteiger partial charge in [-0.3, -0.25) is 9.69 Å². The van der Waals surface area contributed by atoms with Crippen molar-refractivity contribution in [1.29, 1.82) is 0 Å². The predicted molar refractivity (Wildman–Crippen MR) is 108 cm³/mol. The molecule has 0 bridgehead atoms. The molecular weight excluding hydrogens is 395 g/mol. The number of alkyl halides is 3. The molecule has 30 heavy (non-hydrogen) atoms. The highest BCUT2D eigenvalue weighted by atomic mass is 19.4. The number of carbonyl (C=O) groups excluding carboxylic acids is 1. The number of likely N-dealkylation sites (tertiary alicyclic amines) is 2. The maximum Gasteiger partial charge on any atom is 0.406 e. The molecule has 1 unspecified atom stereocenters. The van der Waals surface area contributed by atoms with Gasteiger partial charge in [0.1, 0.15) is 18.4 Å². The summed E-state index contributed by atoms with van der Waals surface area (Å²) in [5.74, 6) is 0.843. The van der Waals surface area contributed by atoms with Gasteiger partial charge in [0, 0.05) is 37.3 Å². The van der Waals surface area contributed by atoms with Crippen molar-refractivity contribution in [3.63, 3.8) is 0 Å². The number of fused-ring (bicyclic) bond motifs is 1. The molecule has 2 aliphatic rings. The molecule has 2 fully saturated rings. The smallest absolute Gasteiger partial charge is 0.406 e. The molecule has 1 amide bonds. The second kappa shape index (κ2) is 8.13. The Morgan fingerprint density at radius 3 is 2.47 bits per heavy atom. The molecule has 1 atom stereocenters. The molecule has 2 aliphatic heterocycles. The molecular formula is C22H28F3N3O2. The number of rotatable bonds is 5. The second-order valence-corrected chi connectivity index (χ2v) is 8.53. The average Bonchev–Trinajstić information content (AvgIpc) is 3.26. The molecule has 0 aliphatic carbocycles. The fourth-order valence-electron chi connectivity index (χ4n) is 4.65. The molecule has 0 N–H and O–H groups in total. The molecule has 1 aromatic carbocycles. The van der Waals surface area contributed by atoms with E-state index in [2.05, 4.69) is 4.90 Å². The lowest BCUT2D eigenvalue weighted by atomic mass is 10.0. The maximum absolute atomic E-state index is 12.8. The van der Waals surface area contributed by atoms with E-state index in [-0.39, 0.29) is 24.1 Å². The first-order valence-electron chi connectivity index (χ1n) is 10.6. The van der Waals surface area contributed by atoms with Gasteiger partial charge >= 0.3 is 6.18 Å². The summed E-state index contributed by atoms with van der Waals surface area (Å²) in [6.07, 6.45) is -0.348. The monoisotopic (exact) mass is 423 g/mol. The average molecular weight is 423 g/mol. The van der Waals surface area contributed by atoms with Gasteiger partial charge in [0.2, 0.25) is 5.91 Å². The Kier molecular flexibility index (Phi) is 5.70. The number of ether oxygens (including phenoxy) is 1. The number of carbonyl (C=O) groups is 1. The van der Waals surface area contributed by atoms with Crippen LogP contribution in [0.2, 0.25) is 0 Å². The third-order valence-electron chi connectivity index (χ3n) is 6.17. The highest BCUT2D eigenvalue weighted by Gasteiger charge is 2.38. The van der Waals surface area contributed by atoms with Crippen molar-refractivity contribution in [1.82, 2.24) is 14.4 Å². The number of benzene rings is 1. The van der Waals surface area contributed by atoms with Crippen molar-refractivity contribution in [3.8, 4) is 5.75 Å². The number of nitrogens with zero attached hydrogens (tertiary/aromatic N) is 3. The summed E-state index contributed by atoms with van der Waals surface area (Å²) in [5.41, 5.74) is 0.521. The summed E-state index contributed by atoms with van der Waals surface area (Å²) in [7, 11) is 0. The zero-order valence-corrected chi connectivity index (χ0v) is 17.4. The van der Waals surface area contributed by atoms with Crippen LogP contribution >= 0.6 is 0 Å². The first-order valence-corrected chi connectivity index (χ1v) is 10.6. The van der Waals surface area contributed by atoms with Crippen LogP contribution in [0, 0.1) is 0 Å². The molecule has 3 heterocycles. The molecule has 2 saturated heterocycles. The number of hydrogen-bond donors (Lipinski definition) is 0. The summed E-state index contributed by atoms with van der Waals surface area (Å²) in [4.78, 5) is 16.8. The summed E-state index contributed by atoms with van der Waals surface area (Å²) in [6.45, 7) is 5.47. The minimum atomic E-state index is -4.27. The van der Waals surface area contributed by atoms with Gasteiger partial charge in [-0.05, 0) is 51.3 Å². The molecule has 0 spiro atoms. The third kappa shape index (κ3) is 4.29. The van der Waals surface area contributed by atoms with Crippen molar-refractivity contribution in [2.24, 2.45) is 0 Å². The Bertz CT molecular complexity index is 901. The topological polar surface area (TPSA) is 37.7 Å². The van der Waals surface area contributed by atoms with Gasteiger partial charge in [-0.15, -0.1) is 0 Å². The van der Waals surface area contributed by atoms with Crippen molar-refractivity contribution < 1.29 is 22.7 Å². The largest absolute Gasteiger partial charge is 0.490 e. The number of piperidine rings is 1. The van der Waals surface area contributed by atoms with Crippen molar-refractivity contribution >= 4 is 16.8 Å². The van der Waals surface area contributed by atoms with Crippen LogP contribution < -0.4 is 4.74 Å². The van der Waals surface area contributed by atoms with Crippen LogP contribution in [0.1, 0.15) is 33.1 Å². The molecule has 4 rings (SSSR count). The molecule has 5 nitrogen and oxygen atoms in total. The molecule has 164 valence electrons. The Morgan fingerprint density at radius 1 is 1.10 bits per heavy atom. The van der Waals surface area contributed by atoms with Crippen molar-refractivity contribution in [2.75, 3.05) is 19.6 Å². The predicted octanol–water partition coefficient (Wildman–Crippen LogP) is 4.06. The van der Waals surface area contributed by atoms with Crippen LogP contribution in [-0.2, 0) is 11.3 Å². The Morgan fingerprint density at radius 2 is 1.83 bits per heavy atom. The van der Waals surface area contributed by atoms with E-state index in [1.165, 1.54) is 10.8 Å². The lowest BCUT2D eigenvalue weighted by molar-refractivity contribution is -0.140. The van der Waals surface area contributed by atoms with Gasteiger partial charge in [-0.25, -0.2) is 0 Å². The highest BCUT2D eigenvalue weighted by molar-refractivity contribution is 5.86. The van der Waals surface area contributed by atoms with E-state index in [1.807, 2.05) is 24.8 Å². The number of halogens is 3. The first-order chi connectivity index (χ1) is 14.2. The summed E-state index contributed by atoms with van der Waals surface area (Å²) in [5, 5.41) is 0.697. The molecule has 0 saturated carbocycles. The molecule has 1 aromatic heterocycles. The van der Waals surface area contributed by atoms with Crippen LogP contribution in [0.3, 0.4) is 0 Å². The van der Waals surface area contributed by atoms with Gasteiger partial charge in [0.05, 0.1) is 11.6 Å². The lowest BCUT2D eigenvalue weighted by Crippen LogP contribution is -2.48. The standard InChI is InChI=1S/C22H28F3N3O2/c1-15(2)28-13-9-19(21(28)29)26-10-6-16(7-11-26)30-20-5-3-4-18-17(20)8-12-27(18)14-22(23,24)25/h3-5,8,12,15-16,19H,6-7,9-11,13-14H2,1-2H3. The number of aromatic nitrogens is 1. The lowest BCUT2D eigenvalue weighted by Gasteiger charge is -2.35. The summed E-state index contributed by atoms with van der Waals surface area (Å²) < 4.78 is 45.8. The number of hydrogen-bond acceptors (Lipinski definition) is 3. The van der Waals surface area contributed by atoms with Crippen LogP contribution in [-0.4, -0.2) is 64.3 Å². The maximum atomic E-state index is 12.8. The zero-order chi connectivity index (χ0) is 21.5. The third-order valence-corrected chi connectivity index (χ3v) is 6.17. The minimum Gasteiger partial charge on any atom is -0.490 e. The highest BCUT2D eigenvalue weighted by Crippen LogP contribution is 2.31. The van der Waals surface area contributed by atoms with E-state index in [0.717, 1.165) is 38.9 Å². The van der Waals surface area contributed by atoms with Crippen LogP contribution in [0.5, 0.6) is 5.75 Å². The van der Waals surface area contributed by atoms with Crippen LogP contribution in [0.25, 0.3) is 10.9 Å². The van der Waals surface area contributed by atoms with E-state index in [1.54, 1.807) is 18.2 Å². The SMILES string of the molecule is CC(C)N1CCC(N2CCC(Oc3cccc4c3ccn4CC(F)(F)F)CC2)C1=O. The van der Waals surface area contributed by atoms with E-state index in [9.17, 15) is 18.0 Å². The van der Waals surface area contributed by atoms with Gasteiger partial charge in [0.25, 0.3) is 0 Å². The molecule has 8 heteroatoms. The van der Waals surface area contributed by atoms with Crippen LogP contribution in [0.4, 0.5) is 13.2 Å². The second-order valence-electron chi connectivity index (χ2n) is 8.53. The van der Waals surface area contributed by atoms with E-state index >= 15 is 0 Å². The Balaban J connectivity index is 1.39. The van der Waals surface area contributed by atoms with E-state index in [4.69, 9.17) is 4.74 Å². The minimum absolute atomic E-state index is 0.00415. The fraction of sp³-hybridized carbons (Fsp3) is 0.591. The Hall–Kier alpha value is -2.22. The zero-order valence-electron chi connectivity index (χ0n) is 17.4. The van der Waals surface area contributed by atoms with Gasteiger partial charge in [-0.1, -0.05) is 6.07 Å². The van der Waals surface area contributed by atoms with E-state index in [0.29, 0.717) is 16.7 Å².